The standard InChI is InChI=1S/C13H21N3O2/c1-9(2)12-11(10(3)14-18-12)13(17)16-7-5-15(4)6-8-16/h9H,5-8H2,1-4H3. The van der Waals surface area contributed by atoms with E-state index in [2.05, 4.69) is 17.1 Å². The second kappa shape index (κ2) is 5.10. The van der Waals surface area contributed by atoms with Crippen molar-refractivity contribution in [2.45, 2.75) is 26.7 Å². The van der Waals surface area contributed by atoms with Gasteiger partial charge in [-0.3, -0.25) is 4.79 Å². The van der Waals surface area contributed by atoms with Gasteiger partial charge in [0.1, 0.15) is 5.56 Å². The van der Waals surface area contributed by atoms with Gasteiger partial charge in [0.2, 0.25) is 0 Å². The maximum Gasteiger partial charge on any atom is 0.259 e. The minimum Gasteiger partial charge on any atom is -0.360 e. The van der Waals surface area contributed by atoms with E-state index in [1.807, 2.05) is 25.7 Å². The normalized spacial score (nSPS) is 17.5. The Morgan fingerprint density at radius 3 is 2.44 bits per heavy atom. The fourth-order valence-electron chi connectivity index (χ4n) is 2.21. The molecule has 1 aromatic heterocycles. The van der Waals surface area contributed by atoms with Gasteiger partial charge < -0.3 is 14.3 Å². The smallest absolute Gasteiger partial charge is 0.259 e. The van der Waals surface area contributed by atoms with Gasteiger partial charge in [-0.1, -0.05) is 19.0 Å². The Bertz CT molecular complexity index is 431. The molecular weight excluding hydrogens is 230 g/mol. The highest BCUT2D eigenvalue weighted by molar-refractivity contribution is 5.96. The highest BCUT2D eigenvalue weighted by Gasteiger charge is 2.28. The van der Waals surface area contributed by atoms with E-state index in [4.69, 9.17) is 4.52 Å². The molecule has 0 aromatic carbocycles. The summed E-state index contributed by atoms with van der Waals surface area (Å²) >= 11 is 0. The first kappa shape index (κ1) is 13.1. The van der Waals surface area contributed by atoms with Gasteiger partial charge >= 0.3 is 0 Å². The molecule has 2 rings (SSSR count). The Morgan fingerprint density at radius 2 is 1.89 bits per heavy atom. The van der Waals surface area contributed by atoms with Gasteiger partial charge in [0.25, 0.3) is 5.91 Å². The number of aryl methyl sites for hydroxylation is 1. The summed E-state index contributed by atoms with van der Waals surface area (Å²) in [6.45, 7) is 9.26. The molecule has 1 aliphatic heterocycles. The second-order valence-corrected chi connectivity index (χ2v) is 5.26. The zero-order valence-corrected chi connectivity index (χ0v) is 11.6. The molecule has 5 heteroatoms. The van der Waals surface area contributed by atoms with Crippen molar-refractivity contribution >= 4 is 5.91 Å². The van der Waals surface area contributed by atoms with Gasteiger partial charge in [0, 0.05) is 32.1 Å². The molecule has 0 atom stereocenters. The van der Waals surface area contributed by atoms with Gasteiger partial charge in [-0.05, 0) is 14.0 Å². The van der Waals surface area contributed by atoms with Crippen LogP contribution in [0.1, 0.15) is 41.6 Å². The van der Waals surface area contributed by atoms with E-state index in [9.17, 15) is 4.79 Å². The van der Waals surface area contributed by atoms with Crippen LogP contribution in [0.5, 0.6) is 0 Å². The van der Waals surface area contributed by atoms with E-state index in [0.717, 1.165) is 26.2 Å². The lowest BCUT2D eigenvalue weighted by Crippen LogP contribution is -2.47. The third-order valence-electron chi connectivity index (χ3n) is 3.42. The lowest BCUT2D eigenvalue weighted by Gasteiger charge is -2.32. The Labute approximate surface area is 108 Å². The van der Waals surface area contributed by atoms with Crippen LogP contribution >= 0.6 is 0 Å². The van der Waals surface area contributed by atoms with Crippen LogP contribution in [0.2, 0.25) is 0 Å². The molecule has 2 heterocycles. The van der Waals surface area contributed by atoms with E-state index in [0.29, 0.717) is 17.0 Å². The van der Waals surface area contributed by atoms with Crippen LogP contribution in [0.3, 0.4) is 0 Å². The van der Waals surface area contributed by atoms with Crippen LogP contribution in [0.4, 0.5) is 0 Å². The molecule has 1 saturated heterocycles. The molecule has 100 valence electrons. The molecule has 5 nitrogen and oxygen atoms in total. The Kier molecular flexibility index (Phi) is 3.71. The minimum absolute atomic E-state index is 0.0607. The summed E-state index contributed by atoms with van der Waals surface area (Å²) in [5.74, 6) is 0.944. The Balaban J connectivity index is 2.21. The van der Waals surface area contributed by atoms with Crippen molar-refractivity contribution in [3.8, 4) is 0 Å². The number of carbonyl (C=O) groups excluding carboxylic acids is 1. The molecule has 0 saturated carbocycles. The SMILES string of the molecule is Cc1noc(C(C)C)c1C(=O)N1CCN(C)CC1. The molecule has 0 radical (unpaired) electrons. The number of rotatable bonds is 2. The minimum atomic E-state index is 0.0607. The molecule has 1 amide bonds. The van der Waals surface area contributed by atoms with Crippen LogP contribution < -0.4 is 0 Å². The van der Waals surface area contributed by atoms with Gasteiger partial charge in [-0.25, -0.2) is 0 Å². The first-order chi connectivity index (χ1) is 8.50. The van der Waals surface area contributed by atoms with Gasteiger partial charge in [0.15, 0.2) is 5.76 Å². The topological polar surface area (TPSA) is 49.6 Å². The summed E-state index contributed by atoms with van der Waals surface area (Å²) in [6.07, 6.45) is 0. The average molecular weight is 251 g/mol. The summed E-state index contributed by atoms with van der Waals surface area (Å²) in [5.41, 5.74) is 1.36. The molecule has 0 aliphatic carbocycles. The van der Waals surface area contributed by atoms with E-state index in [-0.39, 0.29) is 11.8 Å². The monoisotopic (exact) mass is 251 g/mol. The lowest BCUT2D eigenvalue weighted by atomic mass is 10.0. The number of hydrogen-bond acceptors (Lipinski definition) is 4. The largest absolute Gasteiger partial charge is 0.360 e. The predicted molar refractivity (Wildman–Crippen MR) is 68.7 cm³/mol. The molecule has 1 aliphatic rings. The van der Waals surface area contributed by atoms with E-state index >= 15 is 0 Å². The fourth-order valence-corrected chi connectivity index (χ4v) is 2.21. The van der Waals surface area contributed by atoms with Gasteiger partial charge in [0.05, 0.1) is 5.69 Å². The molecule has 0 spiro atoms. The highest BCUT2D eigenvalue weighted by atomic mass is 16.5. The quantitative estimate of drug-likeness (QED) is 0.799. The second-order valence-electron chi connectivity index (χ2n) is 5.26. The fraction of sp³-hybridized carbons (Fsp3) is 0.692. The zero-order chi connectivity index (χ0) is 13.3. The van der Waals surface area contributed by atoms with Crippen molar-refractivity contribution in [1.82, 2.24) is 15.0 Å². The maximum absolute atomic E-state index is 12.5. The number of amides is 1. The van der Waals surface area contributed by atoms with Crippen LogP contribution in [0.15, 0.2) is 4.52 Å². The number of nitrogens with zero attached hydrogens (tertiary/aromatic N) is 3. The summed E-state index contributed by atoms with van der Waals surface area (Å²) < 4.78 is 5.28. The van der Waals surface area contributed by atoms with Crippen molar-refractivity contribution in [3.63, 3.8) is 0 Å². The molecular formula is C13H21N3O2. The van der Waals surface area contributed by atoms with Crippen LogP contribution in [0, 0.1) is 6.92 Å². The van der Waals surface area contributed by atoms with Crippen LogP contribution in [0.25, 0.3) is 0 Å². The Morgan fingerprint density at radius 1 is 1.28 bits per heavy atom. The van der Waals surface area contributed by atoms with E-state index in [1.54, 1.807) is 0 Å². The van der Waals surface area contributed by atoms with Gasteiger partial charge in [-0.2, -0.15) is 0 Å². The molecule has 0 bridgehead atoms. The third kappa shape index (κ3) is 2.41. The maximum atomic E-state index is 12.5. The number of aromatic nitrogens is 1. The van der Waals surface area contributed by atoms with Crippen molar-refractivity contribution < 1.29 is 9.32 Å². The molecule has 0 N–H and O–H groups in total. The first-order valence-electron chi connectivity index (χ1n) is 6.44. The Hall–Kier alpha value is -1.36. The number of likely N-dealkylation sites (N-methyl/N-ethyl adjacent to an activating group) is 1. The number of carbonyl (C=O) groups is 1. The summed E-state index contributed by atoms with van der Waals surface area (Å²) in [6, 6.07) is 0. The zero-order valence-electron chi connectivity index (χ0n) is 11.6. The van der Waals surface area contributed by atoms with Crippen molar-refractivity contribution in [3.05, 3.63) is 17.0 Å². The molecule has 18 heavy (non-hydrogen) atoms. The summed E-state index contributed by atoms with van der Waals surface area (Å²) in [4.78, 5) is 16.6. The van der Waals surface area contributed by atoms with Crippen molar-refractivity contribution in [2.75, 3.05) is 33.2 Å². The third-order valence-corrected chi connectivity index (χ3v) is 3.42. The highest BCUT2D eigenvalue weighted by Crippen LogP contribution is 2.24. The number of piperazine rings is 1. The number of hydrogen-bond donors (Lipinski definition) is 0. The molecule has 1 aromatic rings. The van der Waals surface area contributed by atoms with E-state index < -0.39 is 0 Å². The van der Waals surface area contributed by atoms with Crippen molar-refractivity contribution in [2.24, 2.45) is 0 Å². The average Bonchev–Trinajstić information content (AvgIpc) is 2.71. The predicted octanol–water partition coefficient (Wildman–Crippen LogP) is 1.49. The molecule has 0 unspecified atom stereocenters. The summed E-state index contributed by atoms with van der Waals surface area (Å²) in [7, 11) is 2.08. The lowest BCUT2D eigenvalue weighted by molar-refractivity contribution is 0.0660. The van der Waals surface area contributed by atoms with Gasteiger partial charge in [-0.15, -0.1) is 0 Å². The molecule has 1 fully saturated rings. The van der Waals surface area contributed by atoms with Crippen molar-refractivity contribution in [1.29, 1.82) is 0 Å². The van der Waals surface area contributed by atoms with Crippen LogP contribution in [-0.4, -0.2) is 54.1 Å². The summed E-state index contributed by atoms with van der Waals surface area (Å²) in [5, 5.41) is 3.94. The van der Waals surface area contributed by atoms with Crippen LogP contribution in [-0.2, 0) is 0 Å². The van der Waals surface area contributed by atoms with E-state index in [1.165, 1.54) is 0 Å². The first-order valence-corrected chi connectivity index (χ1v) is 6.44.